The molecule has 1 N–H and O–H groups in total. The first-order valence-electron chi connectivity index (χ1n) is 28.7. The van der Waals surface area contributed by atoms with E-state index in [1.807, 2.05) is 21.1 Å². The predicted molar refractivity (Wildman–Crippen MR) is 298 cm³/mol. The average molecular weight is 1000 g/mol. The van der Waals surface area contributed by atoms with Gasteiger partial charge in [0.15, 0.2) is 6.10 Å². The number of carbonyl (C=O) groups excluding carboxylic acids is 2. The molecule has 70 heavy (non-hydrogen) atoms. The number of hydrogen-bond donors (Lipinski definition) is 1. The summed E-state index contributed by atoms with van der Waals surface area (Å²) in [5.41, 5.74) is 0. The van der Waals surface area contributed by atoms with Gasteiger partial charge in [0, 0.05) is 12.8 Å². The first-order chi connectivity index (χ1) is 34.0. The van der Waals surface area contributed by atoms with E-state index in [1.54, 1.807) is 0 Å². The Balaban J connectivity index is 4.20. The molecule has 0 heterocycles. The number of rotatable bonds is 52. The first kappa shape index (κ1) is 67.5. The fourth-order valence-corrected chi connectivity index (χ4v) is 8.48. The van der Waals surface area contributed by atoms with E-state index in [4.69, 9.17) is 18.5 Å². The normalized spacial score (nSPS) is 13.9. The quantitative estimate of drug-likeness (QED) is 0.0211. The smallest absolute Gasteiger partial charge is 0.462 e. The molecule has 0 aliphatic heterocycles. The zero-order chi connectivity index (χ0) is 51.3. The molecule has 0 aromatic carbocycles. The number of unbranched alkanes of at least 4 members (excludes halogenated alkanes) is 26. The maximum Gasteiger partial charge on any atom is 0.472 e. The van der Waals surface area contributed by atoms with Crippen LogP contribution < -0.4 is 0 Å². The Kier molecular flexibility index (Phi) is 49.5. The Hall–Kier alpha value is -2.55. The van der Waals surface area contributed by atoms with Gasteiger partial charge in [0.05, 0.1) is 27.7 Å². The number of quaternary nitrogens is 1. The SMILES string of the molecule is CCCCC/C=C\C/C=C\C/C=C\CCCCCCCCC(=O)OCC(COP(=O)(O)OCC[N+](C)(C)C)OC(=O)CCCCCCCCCCCCCC/C=C\C/C=C\C/C=C\CCCCCCC. The Bertz CT molecular complexity index is 1410. The highest BCUT2D eigenvalue weighted by atomic mass is 31.2. The van der Waals surface area contributed by atoms with Crippen molar-refractivity contribution in [1.29, 1.82) is 0 Å². The van der Waals surface area contributed by atoms with Gasteiger partial charge in [-0.15, -0.1) is 0 Å². The van der Waals surface area contributed by atoms with E-state index in [9.17, 15) is 19.0 Å². The summed E-state index contributed by atoms with van der Waals surface area (Å²) in [7, 11) is 1.46. The molecule has 0 radical (unpaired) electrons. The molecule has 0 aliphatic rings. The van der Waals surface area contributed by atoms with Crippen LogP contribution in [-0.4, -0.2) is 74.9 Å². The van der Waals surface area contributed by atoms with Crippen LogP contribution in [0.3, 0.4) is 0 Å². The number of allylic oxidation sites excluding steroid dienone is 12. The van der Waals surface area contributed by atoms with Crippen LogP contribution in [0.1, 0.15) is 245 Å². The summed E-state index contributed by atoms with van der Waals surface area (Å²) in [6.45, 7) is 4.39. The van der Waals surface area contributed by atoms with Gasteiger partial charge < -0.3 is 18.9 Å². The van der Waals surface area contributed by atoms with Gasteiger partial charge >= 0.3 is 19.8 Å². The third-order valence-corrected chi connectivity index (χ3v) is 13.2. The second kappa shape index (κ2) is 51.4. The van der Waals surface area contributed by atoms with Gasteiger partial charge in [0.25, 0.3) is 0 Å². The summed E-state index contributed by atoms with van der Waals surface area (Å²) in [5, 5.41) is 0. The molecule has 0 amide bonds. The molecule has 0 bridgehead atoms. The Labute approximate surface area is 431 Å². The number of nitrogens with zero attached hydrogens (tertiary/aromatic N) is 1. The maximum absolute atomic E-state index is 12.8. The predicted octanol–water partition coefficient (Wildman–Crippen LogP) is 17.7. The molecule has 10 heteroatoms. The van der Waals surface area contributed by atoms with Crippen LogP contribution >= 0.6 is 7.82 Å². The summed E-state index contributed by atoms with van der Waals surface area (Å²) in [6.07, 6.45) is 66.7. The zero-order valence-electron chi connectivity index (χ0n) is 46.0. The molecule has 0 aromatic rings. The van der Waals surface area contributed by atoms with Crippen LogP contribution in [0.25, 0.3) is 0 Å². The molecule has 9 nitrogen and oxygen atoms in total. The fourth-order valence-electron chi connectivity index (χ4n) is 7.74. The van der Waals surface area contributed by atoms with Crippen LogP contribution in [0, 0.1) is 0 Å². The molecular weight excluding hydrogens is 894 g/mol. The van der Waals surface area contributed by atoms with E-state index < -0.39 is 26.5 Å². The highest BCUT2D eigenvalue weighted by Gasteiger charge is 2.27. The van der Waals surface area contributed by atoms with E-state index in [0.29, 0.717) is 17.4 Å². The molecule has 0 rings (SSSR count). The van der Waals surface area contributed by atoms with Crippen LogP contribution in [0.15, 0.2) is 72.9 Å². The largest absolute Gasteiger partial charge is 0.472 e. The van der Waals surface area contributed by atoms with E-state index in [1.165, 1.54) is 135 Å². The van der Waals surface area contributed by atoms with E-state index >= 15 is 0 Å². The minimum absolute atomic E-state index is 0.0263. The summed E-state index contributed by atoms with van der Waals surface area (Å²) in [4.78, 5) is 35.7. The third kappa shape index (κ3) is 54.8. The lowest BCUT2D eigenvalue weighted by Crippen LogP contribution is -2.37. The molecule has 0 fully saturated rings. The van der Waals surface area contributed by atoms with Crippen LogP contribution in [0.5, 0.6) is 0 Å². The Morgan fingerprint density at radius 1 is 0.443 bits per heavy atom. The van der Waals surface area contributed by atoms with Crippen LogP contribution in [0.2, 0.25) is 0 Å². The monoisotopic (exact) mass is 1000 g/mol. The number of phosphoric acid groups is 1. The van der Waals surface area contributed by atoms with Crippen molar-refractivity contribution in [3.05, 3.63) is 72.9 Å². The number of phosphoric ester groups is 1. The van der Waals surface area contributed by atoms with Gasteiger partial charge in [-0.1, -0.05) is 215 Å². The Morgan fingerprint density at radius 2 is 0.771 bits per heavy atom. The summed E-state index contributed by atoms with van der Waals surface area (Å²) in [6, 6.07) is 0. The number of esters is 2. The third-order valence-electron chi connectivity index (χ3n) is 12.2. The molecule has 2 unspecified atom stereocenters. The summed E-state index contributed by atoms with van der Waals surface area (Å²) < 4.78 is 34.5. The second-order valence-corrected chi connectivity index (χ2v) is 21.8. The van der Waals surface area contributed by atoms with Crippen molar-refractivity contribution in [2.45, 2.75) is 251 Å². The van der Waals surface area contributed by atoms with Crippen molar-refractivity contribution in [2.24, 2.45) is 0 Å². The van der Waals surface area contributed by atoms with Gasteiger partial charge in [-0.05, 0) is 89.9 Å². The topological polar surface area (TPSA) is 108 Å². The minimum Gasteiger partial charge on any atom is -0.462 e. The van der Waals surface area contributed by atoms with E-state index in [-0.39, 0.29) is 32.0 Å². The van der Waals surface area contributed by atoms with Gasteiger partial charge in [0.2, 0.25) is 0 Å². The van der Waals surface area contributed by atoms with Crippen LogP contribution in [-0.2, 0) is 32.7 Å². The van der Waals surface area contributed by atoms with Crippen molar-refractivity contribution in [2.75, 3.05) is 47.5 Å². The Morgan fingerprint density at radius 3 is 1.17 bits per heavy atom. The fraction of sp³-hybridized carbons (Fsp3) is 0.767. The molecule has 0 spiro atoms. The maximum atomic E-state index is 12.8. The minimum atomic E-state index is -4.39. The van der Waals surface area contributed by atoms with Crippen molar-refractivity contribution in [1.82, 2.24) is 0 Å². The molecule has 0 saturated carbocycles. The molecule has 406 valence electrons. The number of hydrogen-bond acceptors (Lipinski definition) is 7. The summed E-state index contributed by atoms with van der Waals surface area (Å²) >= 11 is 0. The van der Waals surface area contributed by atoms with Crippen molar-refractivity contribution in [3.63, 3.8) is 0 Å². The number of likely N-dealkylation sites (N-methyl/N-ethyl adjacent to an activating group) is 1. The summed E-state index contributed by atoms with van der Waals surface area (Å²) in [5.74, 6) is -0.813. The zero-order valence-corrected chi connectivity index (χ0v) is 46.9. The van der Waals surface area contributed by atoms with Gasteiger partial charge in [-0.3, -0.25) is 18.6 Å². The molecule has 0 aromatic heterocycles. The lowest BCUT2D eigenvalue weighted by Gasteiger charge is -2.24. The molecule has 0 aliphatic carbocycles. The van der Waals surface area contributed by atoms with Gasteiger partial charge in [-0.2, -0.15) is 0 Å². The number of ether oxygens (including phenoxy) is 2. The molecule has 0 saturated heterocycles. The standard InChI is InChI=1S/C60H108NO8P/c1-6-8-10-12-14-16-18-20-22-24-26-27-28-29-30-31-32-33-35-37-39-41-43-45-47-49-51-53-60(63)69-58(57-68-70(64,65)67-55-54-61(3,4)5)56-66-59(62)52-50-48-46-44-42-40-38-36-34-25-23-21-19-17-15-13-11-9-7-2/h15,17-18,20-21,23-24,26,28-29,34,36,58H,6-14,16,19,22,25,27,30-33,35,37-57H2,1-5H3/p+1/b17-15-,20-18-,23-21-,26-24-,29-28-,36-34-. The van der Waals surface area contributed by atoms with Gasteiger partial charge in [0.1, 0.15) is 19.8 Å². The van der Waals surface area contributed by atoms with Crippen molar-refractivity contribution < 1.29 is 42.1 Å². The first-order valence-corrected chi connectivity index (χ1v) is 30.2. The second-order valence-electron chi connectivity index (χ2n) is 20.3. The van der Waals surface area contributed by atoms with E-state index in [0.717, 1.165) is 77.0 Å². The molecular formula is C60H109NO8P+. The average Bonchev–Trinajstić information content (AvgIpc) is 3.32. The highest BCUT2D eigenvalue weighted by molar-refractivity contribution is 7.47. The lowest BCUT2D eigenvalue weighted by molar-refractivity contribution is -0.870. The van der Waals surface area contributed by atoms with Gasteiger partial charge in [-0.25, -0.2) is 4.57 Å². The highest BCUT2D eigenvalue weighted by Crippen LogP contribution is 2.43. The number of carbonyl (C=O) groups is 2. The van der Waals surface area contributed by atoms with Crippen molar-refractivity contribution >= 4 is 19.8 Å². The van der Waals surface area contributed by atoms with Crippen LogP contribution in [0.4, 0.5) is 0 Å². The van der Waals surface area contributed by atoms with E-state index in [2.05, 4.69) is 86.8 Å². The lowest BCUT2D eigenvalue weighted by atomic mass is 10.0. The van der Waals surface area contributed by atoms with Crippen molar-refractivity contribution in [3.8, 4) is 0 Å². The molecule has 2 atom stereocenters.